The van der Waals surface area contributed by atoms with Gasteiger partial charge in [0.05, 0.1) is 7.11 Å². The zero-order chi connectivity index (χ0) is 17.2. The van der Waals surface area contributed by atoms with Gasteiger partial charge >= 0.3 is 0 Å². The lowest BCUT2D eigenvalue weighted by Gasteiger charge is -2.13. The first kappa shape index (κ1) is 21.2. The molecule has 6 heteroatoms. The summed E-state index contributed by atoms with van der Waals surface area (Å²) in [5.74, 6) is 1.40. The van der Waals surface area contributed by atoms with Gasteiger partial charge in [-0.15, -0.1) is 24.0 Å². The molecule has 0 unspecified atom stereocenters. The maximum Gasteiger partial charge on any atom is 0.191 e. The third-order valence-electron chi connectivity index (χ3n) is 3.69. The van der Waals surface area contributed by atoms with Gasteiger partial charge < -0.3 is 15.4 Å². The Bertz CT molecular complexity index is 679. The van der Waals surface area contributed by atoms with Crippen molar-refractivity contribution in [3.8, 4) is 5.75 Å². The quantitative estimate of drug-likeness (QED) is 0.288. The Kier molecular flexibility index (Phi) is 9.91. The molecule has 0 aromatic heterocycles. The predicted molar refractivity (Wildman–Crippen MR) is 111 cm³/mol. The van der Waals surface area contributed by atoms with Gasteiger partial charge in [0, 0.05) is 25.7 Å². The van der Waals surface area contributed by atoms with Gasteiger partial charge in [-0.2, -0.15) is 0 Å². The molecule has 2 aromatic rings. The lowest BCUT2D eigenvalue weighted by molar-refractivity contribution is 0.409. The maximum atomic E-state index is 13.1. The maximum absolute atomic E-state index is 13.1. The highest BCUT2D eigenvalue weighted by molar-refractivity contribution is 14.0. The van der Waals surface area contributed by atoms with Crippen molar-refractivity contribution in [1.82, 2.24) is 10.6 Å². The summed E-state index contributed by atoms with van der Waals surface area (Å²) in [6.45, 7) is 1.40. The molecular formula is C19H25FIN3O. The molecular weight excluding hydrogens is 432 g/mol. The van der Waals surface area contributed by atoms with E-state index in [-0.39, 0.29) is 29.8 Å². The molecule has 2 N–H and O–H groups in total. The van der Waals surface area contributed by atoms with Crippen LogP contribution in [0.3, 0.4) is 0 Å². The number of hydrogen-bond donors (Lipinski definition) is 2. The molecule has 2 rings (SSSR count). The van der Waals surface area contributed by atoms with Crippen molar-refractivity contribution in [2.75, 3.05) is 20.7 Å². The Morgan fingerprint density at radius 2 is 1.92 bits per heavy atom. The minimum absolute atomic E-state index is 0. The monoisotopic (exact) mass is 457 g/mol. The Hall–Kier alpha value is -1.83. The number of aliphatic imine (C=N–C) groups is 1. The number of methoxy groups -OCH3 is 1. The second-order valence-corrected chi connectivity index (χ2v) is 5.40. The summed E-state index contributed by atoms with van der Waals surface area (Å²) < 4.78 is 18.5. The minimum Gasteiger partial charge on any atom is -0.496 e. The summed E-state index contributed by atoms with van der Waals surface area (Å²) in [4.78, 5) is 4.21. The van der Waals surface area contributed by atoms with Crippen LogP contribution in [0.2, 0.25) is 0 Å². The lowest BCUT2D eigenvalue weighted by Crippen LogP contribution is -2.37. The number of guanidine groups is 1. The number of hydrogen-bond acceptors (Lipinski definition) is 2. The van der Waals surface area contributed by atoms with Crippen LogP contribution in [0.15, 0.2) is 53.5 Å². The van der Waals surface area contributed by atoms with Gasteiger partial charge in [0.2, 0.25) is 0 Å². The molecule has 0 aliphatic heterocycles. The molecule has 2 aromatic carbocycles. The van der Waals surface area contributed by atoms with E-state index in [1.807, 2.05) is 30.3 Å². The SMILES string of the molecule is CN=C(NCCCc1cccc(F)c1)NCc1ccccc1OC.I. The molecule has 0 spiro atoms. The number of para-hydroxylation sites is 1. The molecule has 0 bridgehead atoms. The normalized spacial score (nSPS) is 10.8. The second-order valence-electron chi connectivity index (χ2n) is 5.40. The highest BCUT2D eigenvalue weighted by Gasteiger charge is 2.03. The van der Waals surface area contributed by atoms with Crippen LogP contribution in [0.25, 0.3) is 0 Å². The first-order valence-corrected chi connectivity index (χ1v) is 8.04. The number of aryl methyl sites for hydroxylation is 1. The summed E-state index contributed by atoms with van der Waals surface area (Å²) in [6.07, 6.45) is 1.73. The third-order valence-corrected chi connectivity index (χ3v) is 3.69. The van der Waals surface area contributed by atoms with Gasteiger partial charge in [-0.1, -0.05) is 30.3 Å². The molecule has 0 aliphatic rings. The predicted octanol–water partition coefficient (Wildman–Crippen LogP) is 3.75. The Morgan fingerprint density at radius 3 is 2.64 bits per heavy atom. The summed E-state index contributed by atoms with van der Waals surface area (Å²) >= 11 is 0. The van der Waals surface area contributed by atoms with Crippen LogP contribution in [0, 0.1) is 5.82 Å². The molecule has 0 radical (unpaired) electrons. The molecule has 0 amide bonds. The molecule has 25 heavy (non-hydrogen) atoms. The molecule has 4 nitrogen and oxygen atoms in total. The third kappa shape index (κ3) is 7.29. The molecule has 0 heterocycles. The number of ether oxygens (including phenoxy) is 1. The van der Waals surface area contributed by atoms with Crippen molar-refractivity contribution in [2.45, 2.75) is 19.4 Å². The number of benzene rings is 2. The van der Waals surface area contributed by atoms with Crippen molar-refractivity contribution >= 4 is 29.9 Å². The van der Waals surface area contributed by atoms with E-state index < -0.39 is 0 Å². The summed E-state index contributed by atoms with van der Waals surface area (Å²) in [7, 11) is 3.41. The average Bonchev–Trinajstić information content (AvgIpc) is 2.61. The fraction of sp³-hybridized carbons (Fsp3) is 0.316. The summed E-state index contributed by atoms with van der Waals surface area (Å²) in [6, 6.07) is 14.6. The molecule has 0 saturated carbocycles. The fourth-order valence-electron chi connectivity index (χ4n) is 2.44. The minimum atomic E-state index is -0.185. The molecule has 0 fully saturated rings. The van der Waals surface area contributed by atoms with Crippen LogP contribution >= 0.6 is 24.0 Å². The molecule has 0 aliphatic carbocycles. The van der Waals surface area contributed by atoms with Crippen molar-refractivity contribution in [1.29, 1.82) is 0 Å². The standard InChI is InChI=1S/C19H24FN3O.HI/c1-21-19(23-14-16-9-3-4-11-18(16)24-2)22-12-6-8-15-7-5-10-17(20)13-15;/h3-5,7,9-11,13H,6,8,12,14H2,1-2H3,(H2,21,22,23);1H. The second kappa shape index (κ2) is 11.7. The van der Waals surface area contributed by atoms with E-state index in [0.717, 1.165) is 42.2 Å². The van der Waals surface area contributed by atoms with Crippen molar-refractivity contribution < 1.29 is 9.13 Å². The van der Waals surface area contributed by atoms with Crippen LogP contribution in [0.4, 0.5) is 4.39 Å². The first-order valence-electron chi connectivity index (χ1n) is 8.04. The Balaban J connectivity index is 0.00000312. The van der Waals surface area contributed by atoms with E-state index >= 15 is 0 Å². The molecule has 0 saturated heterocycles. The van der Waals surface area contributed by atoms with Gasteiger partial charge in [0.1, 0.15) is 11.6 Å². The smallest absolute Gasteiger partial charge is 0.191 e. The first-order chi connectivity index (χ1) is 11.7. The van der Waals surface area contributed by atoms with E-state index in [4.69, 9.17) is 4.74 Å². The highest BCUT2D eigenvalue weighted by atomic mass is 127. The van der Waals surface area contributed by atoms with E-state index in [9.17, 15) is 4.39 Å². The number of nitrogens with zero attached hydrogens (tertiary/aromatic N) is 1. The topological polar surface area (TPSA) is 45.7 Å². The van der Waals surface area contributed by atoms with E-state index in [2.05, 4.69) is 15.6 Å². The van der Waals surface area contributed by atoms with E-state index in [0.29, 0.717) is 6.54 Å². The van der Waals surface area contributed by atoms with Crippen molar-refractivity contribution in [3.63, 3.8) is 0 Å². The van der Waals surface area contributed by atoms with Crippen LogP contribution in [0.5, 0.6) is 5.75 Å². The lowest BCUT2D eigenvalue weighted by atomic mass is 10.1. The summed E-state index contributed by atoms with van der Waals surface area (Å²) in [5.41, 5.74) is 2.08. The molecule has 0 atom stereocenters. The average molecular weight is 457 g/mol. The van der Waals surface area contributed by atoms with Gasteiger partial charge in [-0.3, -0.25) is 4.99 Å². The van der Waals surface area contributed by atoms with Crippen LogP contribution in [-0.2, 0) is 13.0 Å². The number of rotatable bonds is 7. The van der Waals surface area contributed by atoms with Crippen LogP contribution in [-0.4, -0.2) is 26.7 Å². The van der Waals surface area contributed by atoms with Crippen LogP contribution < -0.4 is 15.4 Å². The van der Waals surface area contributed by atoms with Gasteiger partial charge in [-0.25, -0.2) is 4.39 Å². The van der Waals surface area contributed by atoms with Gasteiger partial charge in [-0.05, 0) is 36.6 Å². The van der Waals surface area contributed by atoms with Gasteiger partial charge in [0.15, 0.2) is 5.96 Å². The zero-order valence-electron chi connectivity index (χ0n) is 14.6. The van der Waals surface area contributed by atoms with Crippen molar-refractivity contribution in [2.24, 2.45) is 4.99 Å². The summed E-state index contributed by atoms with van der Waals surface area (Å²) in [5, 5.41) is 6.53. The van der Waals surface area contributed by atoms with Crippen molar-refractivity contribution in [3.05, 3.63) is 65.5 Å². The number of nitrogens with one attached hydrogen (secondary N) is 2. The van der Waals surface area contributed by atoms with Gasteiger partial charge in [0.25, 0.3) is 0 Å². The van der Waals surface area contributed by atoms with E-state index in [1.54, 1.807) is 26.3 Å². The Morgan fingerprint density at radius 1 is 1.12 bits per heavy atom. The fourth-order valence-corrected chi connectivity index (χ4v) is 2.44. The van der Waals surface area contributed by atoms with Crippen LogP contribution in [0.1, 0.15) is 17.5 Å². The van der Waals surface area contributed by atoms with E-state index in [1.165, 1.54) is 6.07 Å². The largest absolute Gasteiger partial charge is 0.496 e. The zero-order valence-corrected chi connectivity index (χ0v) is 16.9. The highest BCUT2D eigenvalue weighted by Crippen LogP contribution is 2.16. The molecule has 136 valence electrons. The number of halogens is 2. The Labute approximate surface area is 165 Å².